The normalized spacial score (nSPS) is 11.0. The van der Waals surface area contributed by atoms with E-state index in [0.29, 0.717) is 22.1 Å². The van der Waals surface area contributed by atoms with Crippen molar-refractivity contribution in [3.8, 4) is 11.4 Å². The van der Waals surface area contributed by atoms with Crippen LogP contribution in [0.1, 0.15) is 5.56 Å². The van der Waals surface area contributed by atoms with Crippen molar-refractivity contribution in [3.63, 3.8) is 0 Å². The molecule has 7 nitrogen and oxygen atoms in total. The average Bonchev–Trinajstić information content (AvgIpc) is 3.06. The van der Waals surface area contributed by atoms with Crippen molar-refractivity contribution in [3.05, 3.63) is 76.3 Å². The average molecular weight is 409 g/mol. The molecule has 0 aliphatic rings. The molecule has 9 heteroatoms. The summed E-state index contributed by atoms with van der Waals surface area (Å²) in [6.45, 7) is 1.94. The van der Waals surface area contributed by atoms with Gasteiger partial charge in [0, 0.05) is 17.3 Å². The van der Waals surface area contributed by atoms with Crippen molar-refractivity contribution in [2.75, 3.05) is 11.1 Å². The van der Waals surface area contributed by atoms with E-state index >= 15 is 0 Å². The van der Waals surface area contributed by atoms with Gasteiger partial charge in [0.2, 0.25) is 5.91 Å². The topological polar surface area (TPSA) is 92.2 Å². The highest BCUT2D eigenvalue weighted by molar-refractivity contribution is 7.99. The zero-order valence-electron chi connectivity index (χ0n) is 15.3. The molecule has 0 atom stereocenters. The molecule has 2 N–H and O–H groups in total. The predicted octanol–water partition coefficient (Wildman–Crippen LogP) is 3.26. The number of thioether (sulfide) groups is 1. The lowest BCUT2D eigenvalue weighted by atomic mass is 10.2. The van der Waals surface area contributed by atoms with Gasteiger partial charge in [0.1, 0.15) is 5.82 Å². The molecule has 0 saturated carbocycles. The van der Waals surface area contributed by atoms with Gasteiger partial charge in [0.15, 0.2) is 16.6 Å². The summed E-state index contributed by atoms with van der Waals surface area (Å²) >= 11 is 1.14. The van der Waals surface area contributed by atoms with Gasteiger partial charge >= 0.3 is 0 Å². The van der Waals surface area contributed by atoms with Crippen LogP contribution >= 0.6 is 11.8 Å². The number of anilines is 1. The summed E-state index contributed by atoms with van der Waals surface area (Å²) in [5.74, 6) is -0.286. The molecule has 0 bridgehead atoms. The van der Waals surface area contributed by atoms with Crippen LogP contribution in [0.25, 0.3) is 17.0 Å². The van der Waals surface area contributed by atoms with Gasteiger partial charge in [-0.05, 0) is 36.8 Å². The molecule has 2 aromatic heterocycles. The van der Waals surface area contributed by atoms with Gasteiger partial charge in [-0.3, -0.25) is 14.7 Å². The summed E-state index contributed by atoms with van der Waals surface area (Å²) in [5, 5.41) is 5.80. The van der Waals surface area contributed by atoms with Crippen LogP contribution < -0.4 is 10.9 Å². The number of hydrogen-bond donors (Lipinski definition) is 2. The minimum Gasteiger partial charge on any atom is -0.325 e. The number of benzene rings is 2. The van der Waals surface area contributed by atoms with Crippen molar-refractivity contribution in [1.29, 1.82) is 0 Å². The standard InChI is InChI=1S/C20H16FN5O2S/c1-12-4-2-7-15(8-12)22-18(28)11-29-20-24-19(13-5-3-6-14(21)9-13)23-16-10-17(27)25-26(16)20/h2-10H,11H2,1H3,(H,22,28)(H,25,27). The summed E-state index contributed by atoms with van der Waals surface area (Å²) in [4.78, 5) is 32.8. The SMILES string of the molecule is Cc1cccc(NC(=O)CSc2nc(-c3cccc(F)c3)nc3cc(=O)[nH]n23)c1. The van der Waals surface area contributed by atoms with Crippen LogP contribution in [0, 0.1) is 12.7 Å². The molecule has 1 amide bonds. The Morgan fingerprint density at radius 3 is 2.79 bits per heavy atom. The van der Waals surface area contributed by atoms with E-state index in [9.17, 15) is 14.0 Å². The highest BCUT2D eigenvalue weighted by Crippen LogP contribution is 2.22. The smallest absolute Gasteiger partial charge is 0.266 e. The molecule has 4 rings (SSSR count). The number of hydrogen-bond acceptors (Lipinski definition) is 5. The molecule has 0 spiro atoms. The third kappa shape index (κ3) is 4.35. The van der Waals surface area contributed by atoms with Gasteiger partial charge in [-0.25, -0.2) is 18.9 Å². The molecule has 2 heterocycles. The Bertz CT molecular complexity index is 1270. The van der Waals surface area contributed by atoms with Crippen LogP contribution in [0.15, 0.2) is 64.5 Å². The first kappa shape index (κ1) is 18.9. The first-order valence-corrected chi connectivity index (χ1v) is 9.71. The van der Waals surface area contributed by atoms with E-state index in [1.165, 1.54) is 22.7 Å². The molecular formula is C20H16FN5O2S. The molecule has 0 saturated heterocycles. The lowest BCUT2D eigenvalue weighted by molar-refractivity contribution is -0.113. The number of halogens is 1. The van der Waals surface area contributed by atoms with Crippen LogP contribution in [0.3, 0.4) is 0 Å². The van der Waals surface area contributed by atoms with Crippen molar-refractivity contribution in [2.45, 2.75) is 12.1 Å². The number of aryl methyl sites for hydroxylation is 1. The molecule has 0 radical (unpaired) electrons. The van der Waals surface area contributed by atoms with Crippen LogP contribution in [0.5, 0.6) is 0 Å². The Hall–Kier alpha value is -3.46. The zero-order valence-corrected chi connectivity index (χ0v) is 16.2. The number of carbonyl (C=O) groups excluding carboxylic acids is 1. The van der Waals surface area contributed by atoms with E-state index in [-0.39, 0.29) is 23.0 Å². The third-order valence-corrected chi connectivity index (χ3v) is 4.98. The summed E-state index contributed by atoms with van der Waals surface area (Å²) in [6.07, 6.45) is 0. The highest BCUT2D eigenvalue weighted by Gasteiger charge is 2.14. The Morgan fingerprint density at radius 2 is 2.00 bits per heavy atom. The summed E-state index contributed by atoms with van der Waals surface area (Å²) in [5.41, 5.74) is 2.22. The number of fused-ring (bicyclic) bond motifs is 1. The van der Waals surface area contributed by atoms with Gasteiger partial charge in [0.25, 0.3) is 5.56 Å². The second-order valence-electron chi connectivity index (χ2n) is 6.36. The van der Waals surface area contributed by atoms with E-state index in [0.717, 1.165) is 17.3 Å². The Balaban J connectivity index is 1.60. The minimum atomic E-state index is -0.413. The Labute approximate surface area is 169 Å². The maximum absolute atomic E-state index is 13.6. The molecule has 0 aliphatic carbocycles. The van der Waals surface area contributed by atoms with E-state index in [2.05, 4.69) is 20.4 Å². The first-order valence-electron chi connectivity index (χ1n) is 8.73. The van der Waals surface area contributed by atoms with Gasteiger partial charge in [0.05, 0.1) is 5.75 Å². The molecule has 146 valence electrons. The van der Waals surface area contributed by atoms with Gasteiger partial charge < -0.3 is 5.32 Å². The second-order valence-corrected chi connectivity index (χ2v) is 7.30. The Kier molecular flexibility index (Phi) is 5.13. The maximum Gasteiger partial charge on any atom is 0.266 e. The first-order chi connectivity index (χ1) is 14.0. The van der Waals surface area contributed by atoms with Crippen LogP contribution in [-0.4, -0.2) is 31.2 Å². The highest BCUT2D eigenvalue weighted by atomic mass is 32.2. The van der Waals surface area contributed by atoms with E-state index in [4.69, 9.17) is 0 Å². The van der Waals surface area contributed by atoms with Crippen LogP contribution in [0.2, 0.25) is 0 Å². The number of amides is 1. The molecule has 2 aromatic carbocycles. The molecule has 0 aliphatic heterocycles. The Morgan fingerprint density at radius 1 is 1.17 bits per heavy atom. The predicted molar refractivity (Wildman–Crippen MR) is 110 cm³/mol. The minimum absolute atomic E-state index is 0.0723. The van der Waals surface area contributed by atoms with Crippen molar-refractivity contribution in [2.24, 2.45) is 0 Å². The molecule has 0 fully saturated rings. The number of H-pyrrole nitrogens is 1. The van der Waals surface area contributed by atoms with Crippen molar-refractivity contribution >= 4 is 29.0 Å². The van der Waals surface area contributed by atoms with Gasteiger partial charge in [-0.2, -0.15) is 0 Å². The van der Waals surface area contributed by atoms with E-state index < -0.39 is 5.82 Å². The van der Waals surface area contributed by atoms with E-state index in [1.807, 2.05) is 31.2 Å². The van der Waals surface area contributed by atoms with Gasteiger partial charge in [-0.15, -0.1) is 0 Å². The number of carbonyl (C=O) groups is 1. The molecule has 0 unspecified atom stereocenters. The fraction of sp³-hybridized carbons (Fsp3) is 0.100. The van der Waals surface area contributed by atoms with Crippen LogP contribution in [-0.2, 0) is 4.79 Å². The fourth-order valence-electron chi connectivity index (χ4n) is 2.79. The quantitative estimate of drug-likeness (QED) is 0.494. The van der Waals surface area contributed by atoms with Crippen molar-refractivity contribution in [1.82, 2.24) is 19.6 Å². The number of rotatable bonds is 5. The fourth-order valence-corrected chi connectivity index (χ4v) is 3.54. The molecular weight excluding hydrogens is 393 g/mol. The largest absolute Gasteiger partial charge is 0.325 e. The van der Waals surface area contributed by atoms with Crippen LogP contribution in [0.4, 0.5) is 10.1 Å². The monoisotopic (exact) mass is 409 g/mol. The lowest BCUT2D eigenvalue weighted by Gasteiger charge is -2.08. The second kappa shape index (κ2) is 7.88. The maximum atomic E-state index is 13.6. The van der Waals surface area contributed by atoms with Gasteiger partial charge in [-0.1, -0.05) is 36.0 Å². The molecule has 29 heavy (non-hydrogen) atoms. The number of nitrogens with zero attached hydrogens (tertiary/aromatic N) is 3. The van der Waals surface area contributed by atoms with Crippen molar-refractivity contribution < 1.29 is 9.18 Å². The summed E-state index contributed by atoms with van der Waals surface area (Å²) < 4.78 is 15.0. The zero-order chi connectivity index (χ0) is 20.4. The number of nitrogens with one attached hydrogen (secondary N) is 2. The summed E-state index contributed by atoms with van der Waals surface area (Å²) in [7, 11) is 0. The number of aromatic amines is 1. The van der Waals surface area contributed by atoms with E-state index in [1.54, 1.807) is 12.1 Å². The third-order valence-electron chi connectivity index (χ3n) is 4.04. The molecule has 4 aromatic rings. The summed E-state index contributed by atoms with van der Waals surface area (Å²) in [6, 6.07) is 14.7. The lowest BCUT2D eigenvalue weighted by Crippen LogP contribution is -2.15. The number of aromatic nitrogens is 4.